The lowest BCUT2D eigenvalue weighted by atomic mass is 9.91. The van der Waals surface area contributed by atoms with E-state index in [-0.39, 0.29) is 36.3 Å². The molecule has 4 atom stereocenters. The van der Waals surface area contributed by atoms with Gasteiger partial charge in [-0.1, -0.05) is 128 Å². The number of hydrogen-bond acceptors (Lipinski definition) is 9. The summed E-state index contributed by atoms with van der Waals surface area (Å²) in [6.45, 7) is 2.08. The van der Waals surface area contributed by atoms with Gasteiger partial charge < -0.3 is 24.3 Å². The molecule has 7 aromatic rings. The fraction of sp³-hybridized carbons (Fsp3) is 0.163. The van der Waals surface area contributed by atoms with Crippen molar-refractivity contribution in [1.82, 2.24) is 15.0 Å². The zero-order valence-electron chi connectivity index (χ0n) is 28.8. The zero-order chi connectivity index (χ0) is 36.1. The van der Waals surface area contributed by atoms with Gasteiger partial charge >= 0.3 is 0 Å². The van der Waals surface area contributed by atoms with Gasteiger partial charge in [-0.3, -0.25) is 9.78 Å². The van der Waals surface area contributed by atoms with Gasteiger partial charge in [-0.15, -0.1) is 0 Å². The average molecular weight is 721 g/mol. The molecule has 3 heterocycles. The minimum absolute atomic E-state index is 0.0399. The average Bonchev–Trinajstić information content (AvgIpc) is 3.65. The lowest BCUT2D eigenvalue weighted by Gasteiger charge is -2.41. The van der Waals surface area contributed by atoms with Crippen LogP contribution in [-0.4, -0.2) is 37.8 Å². The predicted molar refractivity (Wildman–Crippen MR) is 205 cm³/mol. The Balaban J connectivity index is 1.06. The van der Waals surface area contributed by atoms with Crippen LogP contribution in [0.3, 0.4) is 0 Å². The summed E-state index contributed by atoms with van der Waals surface area (Å²) in [5, 5.41) is 13.2. The Morgan fingerprint density at radius 1 is 0.774 bits per heavy atom. The molecule has 1 fully saturated rings. The third-order valence-corrected chi connectivity index (χ3v) is 10.2. The molecule has 0 aliphatic carbocycles. The van der Waals surface area contributed by atoms with Crippen LogP contribution in [0.4, 0.5) is 5.69 Å². The number of aliphatic hydroxyl groups is 1. The summed E-state index contributed by atoms with van der Waals surface area (Å²) in [5.41, 5.74) is 7.42. The lowest BCUT2D eigenvalue weighted by Crippen LogP contribution is -2.38. The maximum Gasteiger partial charge on any atom is 0.275 e. The van der Waals surface area contributed by atoms with E-state index in [0.717, 1.165) is 39.0 Å². The number of carbonyl (C=O) groups is 1. The van der Waals surface area contributed by atoms with Gasteiger partial charge in [0.2, 0.25) is 0 Å². The molecule has 0 saturated carbocycles. The highest BCUT2D eigenvalue weighted by molar-refractivity contribution is 7.99. The van der Waals surface area contributed by atoms with E-state index in [4.69, 9.17) is 18.9 Å². The number of aliphatic hydroxyl groups excluding tert-OH is 1. The number of nitrogens with one attached hydrogen (secondary N) is 1. The van der Waals surface area contributed by atoms with Crippen LogP contribution < -0.4 is 5.32 Å². The van der Waals surface area contributed by atoms with E-state index in [2.05, 4.69) is 22.2 Å². The number of benzene rings is 5. The van der Waals surface area contributed by atoms with Crippen LogP contribution in [0, 0.1) is 5.92 Å². The van der Waals surface area contributed by atoms with Crippen LogP contribution in [0.15, 0.2) is 149 Å². The van der Waals surface area contributed by atoms with Gasteiger partial charge in [0.15, 0.2) is 12.1 Å². The molecule has 0 unspecified atom stereocenters. The largest absolute Gasteiger partial charge is 0.431 e. The topological polar surface area (TPSA) is 120 Å². The highest BCUT2D eigenvalue weighted by Crippen LogP contribution is 2.44. The number of rotatable bonds is 10. The predicted octanol–water partition coefficient (Wildman–Crippen LogP) is 9.28. The van der Waals surface area contributed by atoms with Crippen LogP contribution in [-0.2, 0) is 16.1 Å². The third kappa shape index (κ3) is 7.62. The molecular formula is C43H36N4O5S. The van der Waals surface area contributed by atoms with Gasteiger partial charge in [0.1, 0.15) is 11.4 Å². The van der Waals surface area contributed by atoms with Gasteiger partial charge in [0.05, 0.1) is 36.0 Å². The fourth-order valence-corrected chi connectivity index (χ4v) is 7.41. The second-order valence-electron chi connectivity index (χ2n) is 12.8. The Bertz CT molecular complexity index is 2280. The second-order valence-corrected chi connectivity index (χ2v) is 13.8. The Hall–Kier alpha value is -5.65. The second kappa shape index (κ2) is 15.5. The van der Waals surface area contributed by atoms with Gasteiger partial charge in [-0.25, -0.2) is 9.97 Å². The van der Waals surface area contributed by atoms with Crippen LogP contribution in [0.5, 0.6) is 0 Å². The number of ether oxygens (including phenoxy) is 2. The molecule has 8 rings (SSSR count). The SMILES string of the molecule is C[C@H]1[C@@H](CSc2nc(-c3ccccc3)c(-c3ccccc3)o2)O[C@@H](c2cccc(NC(=O)c3cnc4ccccc4n3)c2)O[C@H]1c1ccc(CO)cc1. The number of anilines is 1. The molecule has 0 bridgehead atoms. The van der Waals surface area contributed by atoms with Gasteiger partial charge in [0.25, 0.3) is 11.1 Å². The Kier molecular flexibility index (Phi) is 10.1. The van der Waals surface area contributed by atoms with E-state index < -0.39 is 6.29 Å². The van der Waals surface area contributed by atoms with E-state index in [0.29, 0.717) is 27.9 Å². The van der Waals surface area contributed by atoms with Crippen molar-refractivity contribution in [3.63, 3.8) is 0 Å². The van der Waals surface area contributed by atoms with Gasteiger partial charge in [-0.05, 0) is 35.4 Å². The summed E-state index contributed by atoms with van der Waals surface area (Å²) < 4.78 is 19.8. The first-order valence-corrected chi connectivity index (χ1v) is 18.4. The molecule has 0 radical (unpaired) electrons. The maximum atomic E-state index is 13.2. The quantitative estimate of drug-likeness (QED) is 0.133. The number of fused-ring (bicyclic) bond motifs is 1. The van der Waals surface area contributed by atoms with Crippen LogP contribution in [0.2, 0.25) is 0 Å². The van der Waals surface area contributed by atoms with Crippen molar-refractivity contribution in [3.8, 4) is 22.6 Å². The third-order valence-electron chi connectivity index (χ3n) is 9.28. The minimum Gasteiger partial charge on any atom is -0.431 e. The van der Waals surface area contributed by atoms with Gasteiger partial charge in [-0.2, -0.15) is 0 Å². The summed E-state index contributed by atoms with van der Waals surface area (Å²) in [6.07, 6.45) is 0.160. The number of amides is 1. The Morgan fingerprint density at radius 2 is 1.49 bits per heavy atom. The number of thioether (sulfide) groups is 1. The van der Waals surface area contributed by atoms with Crippen molar-refractivity contribution < 1.29 is 23.8 Å². The zero-order valence-corrected chi connectivity index (χ0v) is 29.6. The standard InChI is InChI=1S/C43H36N4O5S/c1-27-37(26-53-43-47-38(29-11-4-2-5-12-29)40(52-43)30-13-6-3-7-14-30)50-42(51-39(27)31-21-19-28(25-48)20-22-31)32-15-10-16-33(23-32)45-41(49)36-24-44-34-17-8-9-18-35(34)46-36/h2-24,27,37,39,42,48H,25-26H2,1H3,(H,45,49)/t27-,37+,39+,42+/m0/s1. The number of carbonyl (C=O) groups excluding carboxylic acids is 1. The number of aromatic nitrogens is 3. The van der Waals surface area contributed by atoms with Crippen molar-refractivity contribution >= 4 is 34.4 Å². The molecule has 1 aliphatic heterocycles. The molecule has 0 spiro atoms. The van der Waals surface area contributed by atoms with E-state index >= 15 is 0 Å². The number of oxazole rings is 1. The van der Waals surface area contributed by atoms with E-state index in [9.17, 15) is 9.90 Å². The first kappa shape index (κ1) is 34.4. The van der Waals surface area contributed by atoms with Crippen molar-refractivity contribution in [2.24, 2.45) is 5.92 Å². The van der Waals surface area contributed by atoms with Crippen molar-refractivity contribution in [2.75, 3.05) is 11.1 Å². The molecule has 53 heavy (non-hydrogen) atoms. The Morgan fingerprint density at radius 3 is 2.25 bits per heavy atom. The van der Waals surface area contributed by atoms with Crippen molar-refractivity contribution in [1.29, 1.82) is 0 Å². The normalized spacial score (nSPS) is 18.5. The maximum absolute atomic E-state index is 13.2. The highest BCUT2D eigenvalue weighted by Gasteiger charge is 2.39. The summed E-state index contributed by atoms with van der Waals surface area (Å²) in [6, 6.07) is 42.7. The molecular weight excluding hydrogens is 685 g/mol. The fourth-order valence-electron chi connectivity index (χ4n) is 6.43. The van der Waals surface area contributed by atoms with Crippen LogP contribution in [0.25, 0.3) is 33.6 Å². The molecule has 9 nitrogen and oxygen atoms in total. The summed E-state index contributed by atoms with van der Waals surface area (Å²) in [5.74, 6) is 0.844. The van der Waals surface area contributed by atoms with Crippen LogP contribution in [0.1, 0.15) is 46.5 Å². The monoisotopic (exact) mass is 720 g/mol. The molecule has 2 aromatic heterocycles. The summed E-state index contributed by atoms with van der Waals surface area (Å²) >= 11 is 1.50. The molecule has 1 saturated heterocycles. The Labute approximate surface area is 311 Å². The van der Waals surface area contributed by atoms with E-state index in [1.807, 2.05) is 133 Å². The number of nitrogens with zero attached hydrogens (tertiary/aromatic N) is 3. The molecule has 1 aliphatic rings. The highest BCUT2D eigenvalue weighted by atomic mass is 32.2. The van der Waals surface area contributed by atoms with E-state index in [1.165, 1.54) is 18.0 Å². The summed E-state index contributed by atoms with van der Waals surface area (Å²) in [7, 11) is 0. The smallest absolute Gasteiger partial charge is 0.275 e. The van der Waals surface area contributed by atoms with Gasteiger partial charge in [0, 0.05) is 34.0 Å². The van der Waals surface area contributed by atoms with Crippen LogP contribution >= 0.6 is 11.8 Å². The number of para-hydroxylation sites is 2. The first-order valence-electron chi connectivity index (χ1n) is 17.4. The molecule has 10 heteroatoms. The first-order chi connectivity index (χ1) is 26.0. The lowest BCUT2D eigenvalue weighted by molar-refractivity contribution is -0.268. The molecule has 5 aromatic carbocycles. The summed E-state index contributed by atoms with van der Waals surface area (Å²) in [4.78, 5) is 27.1. The molecule has 264 valence electrons. The minimum atomic E-state index is -0.735. The van der Waals surface area contributed by atoms with Crippen molar-refractivity contribution in [2.45, 2.75) is 37.3 Å². The molecule has 2 N–H and O–H groups in total. The van der Waals surface area contributed by atoms with E-state index in [1.54, 1.807) is 0 Å². The van der Waals surface area contributed by atoms with Crippen molar-refractivity contribution in [3.05, 3.63) is 162 Å². The molecule has 1 amide bonds. The number of hydrogen-bond donors (Lipinski definition) is 2.